The molecule has 7 heteroatoms. The van der Waals surface area contributed by atoms with Crippen LogP contribution in [-0.4, -0.2) is 41.9 Å². The van der Waals surface area contributed by atoms with Gasteiger partial charge in [-0.2, -0.15) is 0 Å². The molecule has 0 amide bonds. The molecular formula is C7H10Cl4O3. The number of hydrogen-bond donors (Lipinski definition) is 0. The summed E-state index contributed by atoms with van der Waals surface area (Å²) in [7, 11) is 0. The molecule has 1 aliphatic rings. The molecule has 0 radical (unpaired) electrons. The van der Waals surface area contributed by atoms with E-state index in [0.717, 1.165) is 0 Å². The van der Waals surface area contributed by atoms with E-state index in [9.17, 15) is 0 Å². The van der Waals surface area contributed by atoms with E-state index in [2.05, 4.69) is 0 Å². The van der Waals surface area contributed by atoms with Gasteiger partial charge in [0.05, 0.1) is 19.8 Å². The summed E-state index contributed by atoms with van der Waals surface area (Å²) < 4.78 is 14.0. The lowest BCUT2D eigenvalue weighted by Crippen LogP contribution is -2.28. The minimum Gasteiger partial charge on any atom is -0.377 e. The van der Waals surface area contributed by atoms with Gasteiger partial charge in [-0.15, -0.1) is 11.6 Å². The maximum atomic E-state index is 5.59. The normalized spacial score (nSPS) is 28.3. The van der Waals surface area contributed by atoms with Crippen molar-refractivity contribution in [3.05, 3.63) is 0 Å². The zero-order chi connectivity index (χ0) is 10.6. The quantitative estimate of drug-likeness (QED) is 0.586. The number of halogens is 4. The van der Waals surface area contributed by atoms with Crippen LogP contribution in [0.2, 0.25) is 0 Å². The molecule has 0 N–H and O–H groups in total. The molecule has 0 saturated carbocycles. The van der Waals surface area contributed by atoms with Crippen molar-refractivity contribution < 1.29 is 14.2 Å². The largest absolute Gasteiger partial charge is 0.377 e. The predicted molar refractivity (Wildman–Crippen MR) is 56.4 cm³/mol. The van der Waals surface area contributed by atoms with Crippen LogP contribution in [0.5, 0.6) is 0 Å². The molecule has 0 bridgehead atoms. The molecule has 0 aliphatic carbocycles. The Bertz CT molecular complexity index is 173. The first-order valence-electron chi connectivity index (χ1n) is 4.01. The van der Waals surface area contributed by atoms with Gasteiger partial charge in [0, 0.05) is 5.88 Å². The number of rotatable bonds is 4. The second-order valence-electron chi connectivity index (χ2n) is 2.73. The highest BCUT2D eigenvalue weighted by atomic mass is 35.6. The summed E-state index contributed by atoms with van der Waals surface area (Å²) in [6.45, 7) is 1.23. The molecular weight excluding hydrogens is 274 g/mol. The van der Waals surface area contributed by atoms with Gasteiger partial charge in [0.25, 0.3) is 0 Å². The Kier molecular flexibility index (Phi) is 5.57. The summed E-state index contributed by atoms with van der Waals surface area (Å²) in [5.41, 5.74) is 0. The van der Waals surface area contributed by atoms with Crippen molar-refractivity contribution in [2.75, 3.05) is 25.7 Å². The van der Waals surface area contributed by atoms with Gasteiger partial charge in [-0.3, -0.25) is 0 Å². The second kappa shape index (κ2) is 5.94. The fourth-order valence-electron chi connectivity index (χ4n) is 0.976. The van der Waals surface area contributed by atoms with Crippen LogP contribution in [0.15, 0.2) is 0 Å². The molecule has 0 unspecified atom stereocenters. The molecule has 1 saturated heterocycles. The van der Waals surface area contributed by atoms with E-state index >= 15 is 0 Å². The van der Waals surface area contributed by atoms with Gasteiger partial charge in [-0.1, -0.05) is 34.8 Å². The molecule has 0 aromatic carbocycles. The third-order valence-corrected chi connectivity index (χ3v) is 2.23. The molecule has 84 valence electrons. The van der Waals surface area contributed by atoms with Crippen molar-refractivity contribution in [2.45, 2.75) is 16.2 Å². The van der Waals surface area contributed by atoms with Gasteiger partial charge in [-0.05, 0) is 0 Å². The Hall–Kier alpha value is 1.04. The van der Waals surface area contributed by atoms with Crippen LogP contribution in [0.3, 0.4) is 0 Å². The summed E-state index contributed by atoms with van der Waals surface area (Å²) in [5.74, 6) is 0.446. The van der Waals surface area contributed by atoms with Crippen molar-refractivity contribution in [3.8, 4) is 0 Å². The number of ether oxygens (including phenoxy) is 3. The molecule has 3 nitrogen and oxygen atoms in total. The van der Waals surface area contributed by atoms with Crippen molar-refractivity contribution in [3.63, 3.8) is 0 Å². The smallest absolute Gasteiger partial charge is 0.240 e. The third-order valence-electron chi connectivity index (χ3n) is 1.54. The molecule has 1 heterocycles. The van der Waals surface area contributed by atoms with Crippen LogP contribution in [0.4, 0.5) is 0 Å². The highest BCUT2D eigenvalue weighted by Crippen LogP contribution is 2.36. The van der Waals surface area contributed by atoms with Crippen molar-refractivity contribution in [1.29, 1.82) is 0 Å². The van der Waals surface area contributed by atoms with Crippen LogP contribution in [0.25, 0.3) is 0 Å². The fourth-order valence-corrected chi connectivity index (χ4v) is 1.43. The van der Waals surface area contributed by atoms with Crippen LogP contribution in [0.1, 0.15) is 0 Å². The van der Waals surface area contributed by atoms with E-state index in [4.69, 9.17) is 60.6 Å². The summed E-state index contributed by atoms with van der Waals surface area (Å²) in [6, 6.07) is 0. The van der Waals surface area contributed by atoms with Gasteiger partial charge in [0.1, 0.15) is 6.10 Å². The van der Waals surface area contributed by atoms with Crippen molar-refractivity contribution in [1.82, 2.24) is 0 Å². The third kappa shape index (κ3) is 4.27. The summed E-state index contributed by atoms with van der Waals surface area (Å²) in [6.07, 6.45) is -1.02. The zero-order valence-corrected chi connectivity index (χ0v) is 10.2. The molecule has 0 aromatic heterocycles. The lowest BCUT2D eigenvalue weighted by atomic mass is 10.4. The van der Waals surface area contributed by atoms with Crippen LogP contribution in [-0.2, 0) is 14.2 Å². The lowest BCUT2D eigenvalue weighted by Gasteiger charge is -2.18. The monoisotopic (exact) mass is 282 g/mol. The molecule has 2 atom stereocenters. The van der Waals surface area contributed by atoms with Gasteiger partial charge >= 0.3 is 0 Å². The first-order chi connectivity index (χ1) is 6.54. The number of alkyl halides is 4. The molecule has 1 rings (SSSR count). The zero-order valence-electron chi connectivity index (χ0n) is 7.22. The Morgan fingerprint density at radius 2 is 2.07 bits per heavy atom. The van der Waals surface area contributed by atoms with E-state index < -0.39 is 10.1 Å². The second-order valence-corrected chi connectivity index (χ2v) is 5.48. The Labute approximate surface area is 102 Å². The van der Waals surface area contributed by atoms with Gasteiger partial charge < -0.3 is 14.2 Å². The van der Waals surface area contributed by atoms with Crippen molar-refractivity contribution in [2.24, 2.45) is 0 Å². The van der Waals surface area contributed by atoms with E-state index in [1.807, 2.05) is 0 Å². The van der Waals surface area contributed by atoms with Crippen LogP contribution >= 0.6 is 46.4 Å². The molecule has 0 spiro atoms. The average molecular weight is 284 g/mol. The maximum absolute atomic E-state index is 5.59. The Morgan fingerprint density at radius 1 is 1.36 bits per heavy atom. The molecule has 1 aliphatic heterocycles. The Morgan fingerprint density at radius 3 is 2.57 bits per heavy atom. The summed E-state index contributed by atoms with van der Waals surface area (Å²) in [4.78, 5) is 0. The highest BCUT2D eigenvalue weighted by Gasteiger charge is 2.41. The lowest BCUT2D eigenvalue weighted by molar-refractivity contribution is -0.0667. The maximum Gasteiger partial charge on any atom is 0.240 e. The van der Waals surface area contributed by atoms with Gasteiger partial charge in [0.2, 0.25) is 10.1 Å². The SMILES string of the molecule is ClCCOC[C@@H]1CO[C@@H](C(Cl)(Cl)Cl)O1. The molecule has 0 aromatic rings. The van der Waals surface area contributed by atoms with E-state index in [0.29, 0.717) is 25.7 Å². The summed E-state index contributed by atoms with van der Waals surface area (Å²) in [5, 5.41) is 0. The predicted octanol–water partition coefficient (Wildman–Crippen LogP) is 2.35. The summed E-state index contributed by atoms with van der Waals surface area (Å²) >= 11 is 22.2. The van der Waals surface area contributed by atoms with Gasteiger partial charge in [0.15, 0.2) is 0 Å². The first kappa shape index (κ1) is 13.1. The minimum atomic E-state index is -1.55. The fraction of sp³-hybridized carbons (Fsp3) is 1.00. The molecule has 14 heavy (non-hydrogen) atoms. The minimum absolute atomic E-state index is 0.196. The van der Waals surface area contributed by atoms with Gasteiger partial charge in [-0.25, -0.2) is 0 Å². The van der Waals surface area contributed by atoms with E-state index in [1.54, 1.807) is 0 Å². The topological polar surface area (TPSA) is 27.7 Å². The first-order valence-corrected chi connectivity index (χ1v) is 5.68. The Balaban J connectivity index is 2.21. The van der Waals surface area contributed by atoms with E-state index in [-0.39, 0.29) is 6.10 Å². The molecule has 1 fully saturated rings. The van der Waals surface area contributed by atoms with Crippen LogP contribution in [0, 0.1) is 0 Å². The number of hydrogen-bond acceptors (Lipinski definition) is 3. The highest BCUT2D eigenvalue weighted by molar-refractivity contribution is 6.67. The standard InChI is InChI=1S/C7H10Cl4O3/c8-1-2-12-3-5-4-13-6(14-5)7(9,10)11/h5-6H,1-4H2/t5-,6-/m1/s1. The van der Waals surface area contributed by atoms with Crippen molar-refractivity contribution >= 4 is 46.4 Å². The average Bonchev–Trinajstić information content (AvgIpc) is 2.52. The van der Waals surface area contributed by atoms with E-state index in [1.165, 1.54) is 0 Å². The van der Waals surface area contributed by atoms with Crippen LogP contribution < -0.4 is 0 Å².